The molecule has 0 spiro atoms. The molecule has 3 rings (SSSR count). The van der Waals surface area contributed by atoms with Gasteiger partial charge in [0, 0.05) is 31.7 Å². The molecule has 0 amide bonds. The molecule has 0 saturated carbocycles. The number of hydrogen-bond acceptors (Lipinski definition) is 3. The average Bonchev–Trinajstić information content (AvgIpc) is 2.37. The SMILES string of the molecule is c1ccc(CN2CCC(NC3CNC3)CC2)cc1. The lowest BCUT2D eigenvalue weighted by Crippen LogP contribution is -2.59. The van der Waals surface area contributed by atoms with Crippen LogP contribution in [0.5, 0.6) is 0 Å². The highest BCUT2D eigenvalue weighted by molar-refractivity contribution is 5.14. The molecule has 0 aromatic heterocycles. The maximum atomic E-state index is 3.75. The Hall–Kier alpha value is -0.900. The standard InChI is InChI=1S/C15H23N3/c1-2-4-13(5-3-1)12-18-8-6-14(7-9-18)17-15-10-16-11-15/h1-5,14-17H,6-12H2. The molecule has 18 heavy (non-hydrogen) atoms. The molecule has 0 aliphatic carbocycles. The summed E-state index contributed by atoms with van der Waals surface area (Å²) >= 11 is 0. The normalized spacial score (nSPS) is 22.9. The molecule has 0 radical (unpaired) electrons. The van der Waals surface area contributed by atoms with Crippen molar-refractivity contribution in [3.05, 3.63) is 35.9 Å². The first-order valence-corrected chi connectivity index (χ1v) is 7.13. The van der Waals surface area contributed by atoms with E-state index in [1.165, 1.54) is 31.5 Å². The summed E-state index contributed by atoms with van der Waals surface area (Å²) in [5, 5.41) is 7.07. The van der Waals surface area contributed by atoms with Gasteiger partial charge >= 0.3 is 0 Å². The summed E-state index contributed by atoms with van der Waals surface area (Å²) in [7, 11) is 0. The number of nitrogens with zero attached hydrogens (tertiary/aromatic N) is 1. The van der Waals surface area contributed by atoms with Crippen molar-refractivity contribution in [1.29, 1.82) is 0 Å². The Balaban J connectivity index is 1.42. The Morgan fingerprint density at radius 1 is 1.06 bits per heavy atom. The quantitative estimate of drug-likeness (QED) is 0.835. The van der Waals surface area contributed by atoms with E-state index in [9.17, 15) is 0 Å². The fraction of sp³-hybridized carbons (Fsp3) is 0.600. The van der Waals surface area contributed by atoms with E-state index in [2.05, 4.69) is 45.9 Å². The first-order chi connectivity index (χ1) is 8.90. The number of rotatable bonds is 4. The minimum absolute atomic E-state index is 0.732. The maximum absolute atomic E-state index is 3.75. The van der Waals surface area contributed by atoms with Crippen LogP contribution in [0.1, 0.15) is 18.4 Å². The van der Waals surface area contributed by atoms with Crippen LogP contribution in [0, 0.1) is 0 Å². The Labute approximate surface area is 110 Å². The van der Waals surface area contributed by atoms with Crippen LogP contribution in [0.25, 0.3) is 0 Å². The highest BCUT2D eigenvalue weighted by Crippen LogP contribution is 2.14. The van der Waals surface area contributed by atoms with E-state index in [1.54, 1.807) is 0 Å². The van der Waals surface area contributed by atoms with Gasteiger partial charge in [0.25, 0.3) is 0 Å². The molecule has 2 N–H and O–H groups in total. The van der Waals surface area contributed by atoms with Crippen molar-refractivity contribution in [3.8, 4) is 0 Å². The summed E-state index contributed by atoms with van der Waals surface area (Å²) in [6, 6.07) is 12.3. The molecule has 3 nitrogen and oxygen atoms in total. The number of likely N-dealkylation sites (tertiary alicyclic amines) is 1. The van der Waals surface area contributed by atoms with Gasteiger partial charge in [-0.05, 0) is 31.5 Å². The topological polar surface area (TPSA) is 27.3 Å². The predicted molar refractivity (Wildman–Crippen MR) is 74.5 cm³/mol. The van der Waals surface area contributed by atoms with Gasteiger partial charge in [-0.1, -0.05) is 30.3 Å². The molecular formula is C15H23N3. The lowest BCUT2D eigenvalue weighted by atomic mass is 10.0. The maximum Gasteiger partial charge on any atom is 0.0319 e. The van der Waals surface area contributed by atoms with E-state index in [0.717, 1.165) is 31.7 Å². The second-order valence-electron chi connectivity index (χ2n) is 5.56. The van der Waals surface area contributed by atoms with E-state index in [-0.39, 0.29) is 0 Å². The van der Waals surface area contributed by atoms with Crippen LogP contribution >= 0.6 is 0 Å². The first-order valence-electron chi connectivity index (χ1n) is 7.13. The van der Waals surface area contributed by atoms with Crippen molar-refractivity contribution in [2.45, 2.75) is 31.5 Å². The second-order valence-corrected chi connectivity index (χ2v) is 5.56. The molecule has 2 heterocycles. The van der Waals surface area contributed by atoms with Gasteiger partial charge in [0.1, 0.15) is 0 Å². The monoisotopic (exact) mass is 245 g/mol. The molecule has 98 valence electrons. The zero-order valence-electron chi connectivity index (χ0n) is 10.9. The Kier molecular flexibility index (Phi) is 3.93. The van der Waals surface area contributed by atoms with E-state index in [1.807, 2.05) is 0 Å². The third-order valence-electron chi connectivity index (χ3n) is 4.09. The molecule has 0 bridgehead atoms. The third-order valence-corrected chi connectivity index (χ3v) is 4.09. The average molecular weight is 245 g/mol. The molecule has 0 atom stereocenters. The van der Waals surface area contributed by atoms with Gasteiger partial charge in [-0.25, -0.2) is 0 Å². The minimum atomic E-state index is 0.732. The van der Waals surface area contributed by atoms with Gasteiger partial charge in [-0.15, -0.1) is 0 Å². The van der Waals surface area contributed by atoms with Crippen LogP contribution in [-0.2, 0) is 6.54 Å². The summed E-state index contributed by atoms with van der Waals surface area (Å²) in [4.78, 5) is 2.58. The van der Waals surface area contributed by atoms with Gasteiger partial charge in [-0.2, -0.15) is 0 Å². The molecule has 1 aromatic rings. The number of nitrogens with one attached hydrogen (secondary N) is 2. The highest BCUT2D eigenvalue weighted by Gasteiger charge is 2.24. The molecular weight excluding hydrogens is 222 g/mol. The molecule has 2 aliphatic heterocycles. The van der Waals surface area contributed by atoms with E-state index >= 15 is 0 Å². The van der Waals surface area contributed by atoms with Crippen molar-refractivity contribution >= 4 is 0 Å². The molecule has 1 aromatic carbocycles. The second kappa shape index (κ2) is 5.83. The van der Waals surface area contributed by atoms with Gasteiger partial charge in [0.15, 0.2) is 0 Å². The van der Waals surface area contributed by atoms with Crippen molar-refractivity contribution in [2.75, 3.05) is 26.2 Å². The number of benzene rings is 1. The molecule has 0 unspecified atom stereocenters. The number of piperidine rings is 1. The van der Waals surface area contributed by atoms with Gasteiger partial charge < -0.3 is 10.6 Å². The predicted octanol–water partition coefficient (Wildman–Crippen LogP) is 1.21. The van der Waals surface area contributed by atoms with Gasteiger partial charge in [-0.3, -0.25) is 4.90 Å². The van der Waals surface area contributed by atoms with Crippen molar-refractivity contribution in [1.82, 2.24) is 15.5 Å². The zero-order valence-corrected chi connectivity index (χ0v) is 10.9. The van der Waals surface area contributed by atoms with E-state index in [4.69, 9.17) is 0 Å². The minimum Gasteiger partial charge on any atom is -0.314 e. The lowest BCUT2D eigenvalue weighted by molar-refractivity contribution is 0.176. The van der Waals surface area contributed by atoms with Crippen LogP contribution in [-0.4, -0.2) is 43.2 Å². The van der Waals surface area contributed by atoms with Crippen LogP contribution in [0.2, 0.25) is 0 Å². The summed E-state index contributed by atoms with van der Waals surface area (Å²) in [5.41, 5.74) is 1.44. The lowest BCUT2D eigenvalue weighted by Gasteiger charge is -2.37. The molecule has 2 saturated heterocycles. The van der Waals surface area contributed by atoms with Gasteiger partial charge in [0.2, 0.25) is 0 Å². The molecule has 3 heteroatoms. The summed E-state index contributed by atoms with van der Waals surface area (Å²) < 4.78 is 0. The Morgan fingerprint density at radius 3 is 2.39 bits per heavy atom. The Morgan fingerprint density at radius 2 is 1.78 bits per heavy atom. The van der Waals surface area contributed by atoms with Gasteiger partial charge in [0.05, 0.1) is 0 Å². The van der Waals surface area contributed by atoms with Crippen molar-refractivity contribution in [2.24, 2.45) is 0 Å². The summed E-state index contributed by atoms with van der Waals surface area (Å²) in [6.45, 7) is 5.88. The first kappa shape index (κ1) is 12.2. The van der Waals surface area contributed by atoms with Crippen LogP contribution in [0.15, 0.2) is 30.3 Å². The van der Waals surface area contributed by atoms with Crippen molar-refractivity contribution < 1.29 is 0 Å². The number of hydrogen-bond donors (Lipinski definition) is 2. The fourth-order valence-electron chi connectivity index (χ4n) is 2.84. The van der Waals surface area contributed by atoms with E-state index < -0.39 is 0 Å². The summed E-state index contributed by atoms with van der Waals surface area (Å²) in [6.07, 6.45) is 2.59. The van der Waals surface area contributed by atoms with Crippen LogP contribution < -0.4 is 10.6 Å². The summed E-state index contributed by atoms with van der Waals surface area (Å²) in [5.74, 6) is 0. The van der Waals surface area contributed by atoms with E-state index in [0.29, 0.717) is 0 Å². The van der Waals surface area contributed by atoms with Crippen molar-refractivity contribution in [3.63, 3.8) is 0 Å². The third kappa shape index (κ3) is 3.10. The smallest absolute Gasteiger partial charge is 0.0319 e. The zero-order chi connectivity index (χ0) is 12.2. The Bertz CT molecular complexity index is 353. The highest BCUT2D eigenvalue weighted by atomic mass is 15.2. The molecule has 2 aliphatic rings. The largest absolute Gasteiger partial charge is 0.314 e. The van der Waals surface area contributed by atoms with Crippen LogP contribution in [0.4, 0.5) is 0 Å². The van der Waals surface area contributed by atoms with Crippen LogP contribution in [0.3, 0.4) is 0 Å². The fourth-order valence-corrected chi connectivity index (χ4v) is 2.84. The molecule has 2 fully saturated rings.